The Labute approximate surface area is 168 Å². The summed E-state index contributed by atoms with van der Waals surface area (Å²) in [5.74, 6) is -0.798. The van der Waals surface area contributed by atoms with E-state index >= 15 is 0 Å². The van der Waals surface area contributed by atoms with Crippen LogP contribution in [0.1, 0.15) is 41.5 Å². The first-order valence-corrected chi connectivity index (χ1v) is 9.25. The molecule has 3 aromatic heterocycles. The Bertz CT molecular complexity index is 1060. The molecule has 4 rings (SSSR count). The molecular formula is C19H15ClF3N5O. The lowest BCUT2D eigenvalue weighted by atomic mass is 9.93. The van der Waals surface area contributed by atoms with Gasteiger partial charge in [-0.2, -0.15) is 18.3 Å². The molecule has 3 aromatic rings. The van der Waals surface area contributed by atoms with Crippen molar-refractivity contribution in [3.05, 3.63) is 59.3 Å². The summed E-state index contributed by atoms with van der Waals surface area (Å²) in [5, 5.41) is 6.51. The predicted octanol–water partition coefficient (Wildman–Crippen LogP) is 4.99. The van der Waals surface area contributed by atoms with Crippen LogP contribution in [0.15, 0.2) is 42.9 Å². The Morgan fingerprint density at radius 1 is 1.24 bits per heavy atom. The molecule has 29 heavy (non-hydrogen) atoms. The van der Waals surface area contributed by atoms with Crippen LogP contribution in [0.2, 0.25) is 5.02 Å². The highest BCUT2D eigenvalue weighted by molar-refractivity contribution is 6.30. The number of hydrogen-bond donors (Lipinski definition) is 1. The number of halogens is 4. The monoisotopic (exact) mass is 421 g/mol. The number of anilines is 1. The molecule has 0 unspecified atom stereocenters. The van der Waals surface area contributed by atoms with Crippen LogP contribution in [-0.2, 0) is 6.18 Å². The summed E-state index contributed by atoms with van der Waals surface area (Å²) in [5.41, 5.74) is -0.560. The number of pyridine rings is 2. The maximum absolute atomic E-state index is 13.1. The summed E-state index contributed by atoms with van der Waals surface area (Å²) in [6, 6.07) is 6.12. The van der Waals surface area contributed by atoms with Gasteiger partial charge in [0.05, 0.1) is 28.6 Å². The number of alkyl halides is 3. The first-order valence-electron chi connectivity index (χ1n) is 8.87. The lowest BCUT2D eigenvalue weighted by Gasteiger charge is -2.25. The zero-order chi connectivity index (χ0) is 20.6. The van der Waals surface area contributed by atoms with Gasteiger partial charge in [0, 0.05) is 18.0 Å². The molecule has 150 valence electrons. The van der Waals surface area contributed by atoms with Crippen molar-refractivity contribution in [3.63, 3.8) is 0 Å². The second kappa shape index (κ2) is 7.47. The number of amides is 1. The van der Waals surface area contributed by atoms with Gasteiger partial charge in [0.15, 0.2) is 5.69 Å². The van der Waals surface area contributed by atoms with E-state index in [9.17, 15) is 18.0 Å². The van der Waals surface area contributed by atoms with Crippen LogP contribution in [0.25, 0.3) is 11.3 Å². The zero-order valence-corrected chi connectivity index (χ0v) is 15.7. The highest BCUT2D eigenvalue weighted by atomic mass is 35.5. The molecule has 1 saturated carbocycles. The van der Waals surface area contributed by atoms with Crippen molar-refractivity contribution < 1.29 is 18.0 Å². The van der Waals surface area contributed by atoms with E-state index in [4.69, 9.17) is 11.6 Å². The number of carbonyl (C=O) groups is 1. The standard InChI is InChI=1S/C19H15ClF3N5O/c20-12-7-16(17(24-9-12)19(21,22)23)27-18(29)15-6-2-5-14(26-15)11-8-25-28(10-11)13-3-1-4-13/h2,5-10,13H,1,3-4H2,(H,27,29). The van der Waals surface area contributed by atoms with Gasteiger partial charge in [-0.05, 0) is 37.5 Å². The molecule has 1 N–H and O–H groups in total. The lowest BCUT2D eigenvalue weighted by molar-refractivity contribution is -0.140. The summed E-state index contributed by atoms with van der Waals surface area (Å²) in [7, 11) is 0. The van der Waals surface area contributed by atoms with Crippen molar-refractivity contribution in [1.29, 1.82) is 0 Å². The van der Waals surface area contributed by atoms with Crippen molar-refractivity contribution in [3.8, 4) is 11.3 Å². The Hall–Kier alpha value is -2.94. The minimum atomic E-state index is -4.74. The second-order valence-corrected chi connectivity index (χ2v) is 7.14. The average Bonchev–Trinajstić information content (AvgIpc) is 3.09. The van der Waals surface area contributed by atoms with Crippen LogP contribution in [0.3, 0.4) is 0 Å². The van der Waals surface area contributed by atoms with Gasteiger partial charge in [-0.15, -0.1) is 0 Å². The molecule has 0 radical (unpaired) electrons. The largest absolute Gasteiger partial charge is 0.435 e. The second-order valence-electron chi connectivity index (χ2n) is 6.70. The van der Waals surface area contributed by atoms with E-state index in [1.165, 1.54) is 12.5 Å². The molecule has 1 aliphatic carbocycles. The van der Waals surface area contributed by atoms with Gasteiger partial charge in [-0.3, -0.25) is 9.48 Å². The zero-order valence-electron chi connectivity index (χ0n) is 14.9. The average molecular weight is 422 g/mol. The third-order valence-corrected chi connectivity index (χ3v) is 4.91. The third kappa shape index (κ3) is 4.09. The van der Waals surface area contributed by atoms with Crippen LogP contribution >= 0.6 is 11.6 Å². The SMILES string of the molecule is O=C(Nc1cc(Cl)cnc1C(F)(F)F)c1cccc(-c2cnn(C3CCC3)c2)n1. The summed E-state index contributed by atoms with van der Waals surface area (Å²) in [4.78, 5) is 20.1. The quantitative estimate of drug-likeness (QED) is 0.644. The highest BCUT2D eigenvalue weighted by Gasteiger charge is 2.36. The number of carbonyl (C=O) groups excluding carboxylic acids is 1. The molecule has 0 atom stereocenters. The van der Waals surface area contributed by atoms with Gasteiger partial charge in [0.25, 0.3) is 5.91 Å². The summed E-state index contributed by atoms with van der Waals surface area (Å²) in [6.07, 6.45) is 2.98. The molecule has 10 heteroatoms. The maximum atomic E-state index is 13.1. The van der Waals surface area contributed by atoms with Crippen molar-refractivity contribution >= 4 is 23.2 Å². The summed E-state index contributed by atoms with van der Waals surface area (Å²) < 4.78 is 41.3. The molecule has 1 fully saturated rings. The Morgan fingerprint density at radius 2 is 2.03 bits per heavy atom. The summed E-state index contributed by atoms with van der Waals surface area (Å²) >= 11 is 5.74. The van der Waals surface area contributed by atoms with Crippen molar-refractivity contribution in [2.45, 2.75) is 31.5 Å². The molecule has 3 heterocycles. The first kappa shape index (κ1) is 19.4. The van der Waals surface area contributed by atoms with Crippen LogP contribution in [0.5, 0.6) is 0 Å². The lowest BCUT2D eigenvalue weighted by Crippen LogP contribution is -2.19. The van der Waals surface area contributed by atoms with Crippen LogP contribution < -0.4 is 5.32 Å². The van der Waals surface area contributed by atoms with E-state index in [1.807, 2.05) is 10.9 Å². The molecular weight excluding hydrogens is 407 g/mol. The van der Waals surface area contributed by atoms with E-state index in [1.54, 1.807) is 18.3 Å². The van der Waals surface area contributed by atoms with Gasteiger partial charge in [-0.1, -0.05) is 17.7 Å². The van der Waals surface area contributed by atoms with Gasteiger partial charge >= 0.3 is 6.18 Å². The molecule has 1 aliphatic rings. The van der Waals surface area contributed by atoms with E-state index in [0.717, 1.165) is 30.7 Å². The molecule has 0 aromatic carbocycles. The molecule has 0 bridgehead atoms. The fourth-order valence-corrected chi connectivity index (χ4v) is 3.15. The smallest absolute Gasteiger partial charge is 0.319 e. The molecule has 1 amide bonds. The Morgan fingerprint density at radius 3 is 2.72 bits per heavy atom. The number of hydrogen-bond acceptors (Lipinski definition) is 4. The minimum absolute atomic E-state index is 0.0292. The highest BCUT2D eigenvalue weighted by Crippen LogP contribution is 2.35. The van der Waals surface area contributed by atoms with Gasteiger partial charge in [0.1, 0.15) is 5.69 Å². The fraction of sp³-hybridized carbons (Fsp3) is 0.263. The van der Waals surface area contributed by atoms with Gasteiger partial charge in [0.2, 0.25) is 0 Å². The van der Waals surface area contributed by atoms with E-state index < -0.39 is 23.5 Å². The van der Waals surface area contributed by atoms with E-state index in [-0.39, 0.29) is 10.7 Å². The van der Waals surface area contributed by atoms with Crippen LogP contribution in [-0.4, -0.2) is 25.7 Å². The van der Waals surface area contributed by atoms with Crippen molar-refractivity contribution in [1.82, 2.24) is 19.7 Å². The summed E-state index contributed by atoms with van der Waals surface area (Å²) in [6.45, 7) is 0. The first-order chi connectivity index (χ1) is 13.8. The van der Waals surface area contributed by atoms with Crippen molar-refractivity contribution in [2.24, 2.45) is 0 Å². The fourth-order valence-electron chi connectivity index (χ4n) is 2.99. The number of rotatable bonds is 4. The molecule has 6 nitrogen and oxygen atoms in total. The topological polar surface area (TPSA) is 72.7 Å². The minimum Gasteiger partial charge on any atom is -0.319 e. The molecule has 0 saturated heterocycles. The van der Waals surface area contributed by atoms with Crippen molar-refractivity contribution in [2.75, 3.05) is 5.32 Å². The number of nitrogens with one attached hydrogen (secondary N) is 1. The third-order valence-electron chi connectivity index (χ3n) is 4.70. The number of nitrogens with zero attached hydrogens (tertiary/aromatic N) is 4. The number of aromatic nitrogens is 4. The van der Waals surface area contributed by atoms with E-state index in [0.29, 0.717) is 11.7 Å². The van der Waals surface area contributed by atoms with Crippen LogP contribution in [0.4, 0.5) is 18.9 Å². The Balaban J connectivity index is 1.58. The van der Waals surface area contributed by atoms with Gasteiger partial charge in [-0.25, -0.2) is 9.97 Å². The maximum Gasteiger partial charge on any atom is 0.435 e. The Kier molecular flexibility index (Phi) is 4.99. The van der Waals surface area contributed by atoms with Crippen LogP contribution in [0, 0.1) is 0 Å². The predicted molar refractivity (Wildman–Crippen MR) is 101 cm³/mol. The molecule has 0 aliphatic heterocycles. The molecule has 0 spiro atoms. The normalized spacial score (nSPS) is 14.5. The van der Waals surface area contributed by atoms with E-state index in [2.05, 4.69) is 20.4 Å². The van der Waals surface area contributed by atoms with Gasteiger partial charge < -0.3 is 5.32 Å².